The number of carbonyl (C=O) groups is 1. The first-order valence-electron chi connectivity index (χ1n) is 6.51. The third-order valence-corrected chi connectivity index (χ3v) is 3.98. The van der Waals surface area contributed by atoms with Gasteiger partial charge in [0.1, 0.15) is 5.60 Å². The number of aliphatic hydroxyl groups excluding tert-OH is 1. The van der Waals surface area contributed by atoms with E-state index in [2.05, 4.69) is 5.32 Å². The molecule has 0 aromatic heterocycles. The molecule has 17 heavy (non-hydrogen) atoms. The molecule has 0 aromatic carbocycles. The Bertz CT molecular complexity index is 298. The number of aliphatic hydroxyl groups is 1. The molecule has 4 nitrogen and oxygen atoms in total. The van der Waals surface area contributed by atoms with Gasteiger partial charge in [-0.15, -0.1) is 0 Å². The molecular formula is C13H23NO3. The van der Waals surface area contributed by atoms with Crippen LogP contribution >= 0.6 is 0 Å². The van der Waals surface area contributed by atoms with Crippen molar-refractivity contribution in [1.29, 1.82) is 0 Å². The number of ether oxygens (including phenoxy) is 1. The van der Waals surface area contributed by atoms with Crippen molar-refractivity contribution >= 4 is 6.09 Å². The van der Waals surface area contributed by atoms with Gasteiger partial charge >= 0.3 is 6.09 Å². The standard InChI is InChI=1S/C13H23NO3/c1-13(2,3)17-12(16)14-11-9-5-4-8(6-9)10(11)7-15/h8-11,15H,4-7H2,1-3H3,(H,14,16)/t8-,9+,10+,11-/m1/s1. The number of hydrogen-bond donors (Lipinski definition) is 2. The van der Waals surface area contributed by atoms with E-state index in [1.807, 2.05) is 20.8 Å². The Morgan fingerprint density at radius 3 is 2.59 bits per heavy atom. The van der Waals surface area contributed by atoms with Gasteiger partial charge in [0.05, 0.1) is 0 Å². The van der Waals surface area contributed by atoms with Crippen LogP contribution < -0.4 is 5.32 Å². The zero-order valence-electron chi connectivity index (χ0n) is 10.9. The Kier molecular flexibility index (Phi) is 3.34. The van der Waals surface area contributed by atoms with Gasteiger partial charge in [0.2, 0.25) is 0 Å². The zero-order valence-corrected chi connectivity index (χ0v) is 10.9. The normalized spacial score (nSPS) is 36.0. The van der Waals surface area contributed by atoms with Crippen molar-refractivity contribution in [3.63, 3.8) is 0 Å². The smallest absolute Gasteiger partial charge is 0.407 e. The minimum Gasteiger partial charge on any atom is -0.444 e. The lowest BCUT2D eigenvalue weighted by Crippen LogP contribution is -2.47. The highest BCUT2D eigenvalue weighted by Gasteiger charge is 2.48. The molecule has 0 spiro atoms. The summed E-state index contributed by atoms with van der Waals surface area (Å²) in [6.45, 7) is 5.74. The first-order chi connectivity index (χ1) is 7.90. The van der Waals surface area contributed by atoms with Crippen molar-refractivity contribution < 1.29 is 14.6 Å². The van der Waals surface area contributed by atoms with Gasteiger partial charge in [-0.3, -0.25) is 0 Å². The van der Waals surface area contributed by atoms with Gasteiger partial charge in [0, 0.05) is 18.6 Å². The lowest BCUT2D eigenvalue weighted by Gasteiger charge is -2.31. The summed E-state index contributed by atoms with van der Waals surface area (Å²) >= 11 is 0. The highest BCUT2D eigenvalue weighted by Crippen LogP contribution is 2.48. The van der Waals surface area contributed by atoms with E-state index in [1.165, 1.54) is 12.8 Å². The lowest BCUT2D eigenvalue weighted by atomic mass is 9.85. The lowest BCUT2D eigenvalue weighted by molar-refractivity contribution is 0.0437. The Hall–Kier alpha value is -0.770. The molecule has 0 unspecified atom stereocenters. The topological polar surface area (TPSA) is 58.6 Å². The molecule has 0 aliphatic heterocycles. The SMILES string of the molecule is CC(C)(C)OC(=O)N[C@@H]1[C@H]2CC[C@H](C2)[C@@H]1CO. The Morgan fingerprint density at radius 1 is 1.35 bits per heavy atom. The molecular weight excluding hydrogens is 218 g/mol. The molecule has 2 fully saturated rings. The van der Waals surface area contributed by atoms with Crippen LogP contribution in [-0.2, 0) is 4.74 Å². The van der Waals surface area contributed by atoms with Gasteiger partial charge in [-0.1, -0.05) is 0 Å². The minimum atomic E-state index is -0.462. The summed E-state index contributed by atoms with van der Waals surface area (Å²) in [7, 11) is 0. The maximum absolute atomic E-state index is 11.7. The van der Waals surface area contributed by atoms with Gasteiger partial charge in [0.25, 0.3) is 0 Å². The highest BCUT2D eigenvalue weighted by molar-refractivity contribution is 5.68. The number of amides is 1. The van der Waals surface area contributed by atoms with Crippen molar-refractivity contribution in [2.75, 3.05) is 6.61 Å². The Morgan fingerprint density at radius 2 is 2.00 bits per heavy atom. The maximum atomic E-state index is 11.7. The van der Waals surface area contributed by atoms with Gasteiger partial charge < -0.3 is 15.2 Å². The molecule has 0 heterocycles. The fraction of sp³-hybridized carbons (Fsp3) is 0.923. The van der Waals surface area contributed by atoms with Gasteiger partial charge in [-0.2, -0.15) is 0 Å². The second kappa shape index (κ2) is 4.48. The van der Waals surface area contributed by atoms with E-state index < -0.39 is 5.60 Å². The monoisotopic (exact) mass is 241 g/mol. The van der Waals surface area contributed by atoms with Crippen molar-refractivity contribution in [3.8, 4) is 0 Å². The van der Waals surface area contributed by atoms with Crippen LogP contribution in [0.15, 0.2) is 0 Å². The number of fused-ring (bicyclic) bond motifs is 2. The van der Waals surface area contributed by atoms with Gasteiger partial charge in [-0.25, -0.2) is 4.79 Å². The van der Waals surface area contributed by atoms with E-state index in [0.29, 0.717) is 11.8 Å². The fourth-order valence-electron chi connectivity index (χ4n) is 3.34. The van der Waals surface area contributed by atoms with E-state index in [4.69, 9.17) is 4.74 Å². The molecule has 1 amide bonds. The zero-order chi connectivity index (χ0) is 12.6. The van der Waals surface area contributed by atoms with E-state index in [0.717, 1.165) is 6.42 Å². The van der Waals surface area contributed by atoms with E-state index in [-0.39, 0.29) is 24.7 Å². The quantitative estimate of drug-likeness (QED) is 0.776. The molecule has 4 atom stereocenters. The summed E-state index contributed by atoms with van der Waals surface area (Å²) in [4.78, 5) is 11.7. The fourth-order valence-corrected chi connectivity index (χ4v) is 3.34. The van der Waals surface area contributed by atoms with Crippen molar-refractivity contribution in [2.45, 2.75) is 51.7 Å². The van der Waals surface area contributed by atoms with Crippen LogP contribution in [0.4, 0.5) is 4.79 Å². The summed E-state index contributed by atoms with van der Waals surface area (Å²) in [6, 6.07) is 0.105. The van der Waals surface area contributed by atoms with Crippen molar-refractivity contribution in [2.24, 2.45) is 17.8 Å². The Labute approximate surface area is 103 Å². The largest absolute Gasteiger partial charge is 0.444 e. The summed E-state index contributed by atoms with van der Waals surface area (Å²) < 4.78 is 5.27. The second-order valence-corrected chi connectivity index (χ2v) is 6.35. The van der Waals surface area contributed by atoms with Crippen LogP contribution in [0.3, 0.4) is 0 Å². The van der Waals surface area contributed by atoms with E-state index >= 15 is 0 Å². The summed E-state index contributed by atoms with van der Waals surface area (Å²) in [5.74, 6) is 1.34. The maximum Gasteiger partial charge on any atom is 0.407 e. The number of carbonyl (C=O) groups excluding carboxylic acids is 1. The average molecular weight is 241 g/mol. The molecule has 0 radical (unpaired) electrons. The summed E-state index contributed by atoms with van der Waals surface area (Å²) in [6.07, 6.45) is 3.16. The average Bonchev–Trinajstić information content (AvgIpc) is 2.74. The third-order valence-electron chi connectivity index (χ3n) is 3.98. The molecule has 98 valence electrons. The van der Waals surface area contributed by atoms with Crippen LogP contribution in [-0.4, -0.2) is 29.4 Å². The third kappa shape index (κ3) is 2.73. The molecule has 4 heteroatoms. The molecule has 2 bridgehead atoms. The van der Waals surface area contributed by atoms with Gasteiger partial charge in [0.15, 0.2) is 0 Å². The van der Waals surface area contributed by atoms with Crippen molar-refractivity contribution in [3.05, 3.63) is 0 Å². The first-order valence-corrected chi connectivity index (χ1v) is 6.51. The second-order valence-electron chi connectivity index (χ2n) is 6.35. The summed E-state index contributed by atoms with van der Waals surface area (Å²) in [5, 5.41) is 12.4. The number of rotatable bonds is 2. The van der Waals surface area contributed by atoms with E-state index in [9.17, 15) is 9.90 Å². The number of hydrogen-bond acceptors (Lipinski definition) is 3. The number of nitrogens with one attached hydrogen (secondary N) is 1. The predicted molar refractivity (Wildman–Crippen MR) is 64.6 cm³/mol. The summed E-state index contributed by atoms with van der Waals surface area (Å²) in [5.41, 5.74) is -0.462. The number of alkyl carbamates (subject to hydrolysis) is 1. The predicted octanol–water partition coefficient (Wildman–Crippen LogP) is 1.92. The van der Waals surface area contributed by atoms with Crippen LogP contribution in [0.2, 0.25) is 0 Å². The molecule has 2 saturated carbocycles. The van der Waals surface area contributed by atoms with Crippen molar-refractivity contribution in [1.82, 2.24) is 5.32 Å². The van der Waals surface area contributed by atoms with Crippen LogP contribution in [0.1, 0.15) is 40.0 Å². The molecule has 0 aromatic rings. The molecule has 2 aliphatic carbocycles. The highest BCUT2D eigenvalue weighted by atomic mass is 16.6. The van der Waals surface area contributed by atoms with Crippen LogP contribution in [0.25, 0.3) is 0 Å². The Balaban J connectivity index is 1.92. The first kappa shape index (κ1) is 12.7. The molecule has 2 rings (SSSR count). The van der Waals surface area contributed by atoms with Crippen LogP contribution in [0.5, 0.6) is 0 Å². The van der Waals surface area contributed by atoms with E-state index in [1.54, 1.807) is 0 Å². The minimum absolute atomic E-state index is 0.105. The van der Waals surface area contributed by atoms with Crippen LogP contribution in [0, 0.1) is 17.8 Å². The molecule has 2 N–H and O–H groups in total. The molecule has 0 saturated heterocycles. The molecule has 2 aliphatic rings. The van der Waals surface area contributed by atoms with Gasteiger partial charge in [-0.05, 0) is 51.9 Å².